The van der Waals surface area contributed by atoms with E-state index in [2.05, 4.69) is 12.7 Å². The molecule has 3 nitrogen and oxygen atoms in total. The molecule has 19 heavy (non-hydrogen) atoms. The van der Waals surface area contributed by atoms with Crippen LogP contribution in [-0.2, 0) is 14.3 Å². The van der Waals surface area contributed by atoms with E-state index in [9.17, 15) is 9.59 Å². The molecule has 0 atom stereocenters. The van der Waals surface area contributed by atoms with Crippen molar-refractivity contribution >= 4 is 11.8 Å². The number of ketones is 1. The topological polar surface area (TPSA) is 43.4 Å². The summed E-state index contributed by atoms with van der Waals surface area (Å²) >= 11 is 0. The molecule has 0 amide bonds. The first-order chi connectivity index (χ1) is 9.11. The van der Waals surface area contributed by atoms with Crippen LogP contribution in [0.25, 0.3) is 0 Å². The van der Waals surface area contributed by atoms with Crippen LogP contribution in [0.2, 0.25) is 0 Å². The number of Topliss-reactive ketones (excluding diaryl/α,β-unsaturated/α-hetero) is 1. The highest BCUT2D eigenvalue weighted by Crippen LogP contribution is 2.08. The smallest absolute Gasteiger partial charge is 0.341 e. The van der Waals surface area contributed by atoms with Gasteiger partial charge in [-0.2, -0.15) is 0 Å². The highest BCUT2D eigenvalue weighted by molar-refractivity contribution is 5.89. The number of hydrogen-bond acceptors (Lipinski definition) is 3. The summed E-state index contributed by atoms with van der Waals surface area (Å²) in [5, 5.41) is 0. The molecule has 108 valence electrons. The molecule has 0 aromatic heterocycles. The van der Waals surface area contributed by atoms with E-state index in [-0.39, 0.29) is 11.8 Å². The van der Waals surface area contributed by atoms with Gasteiger partial charge in [-0.3, -0.25) is 0 Å². The lowest BCUT2D eigenvalue weighted by Gasteiger charge is -2.03. The van der Waals surface area contributed by atoms with E-state index in [4.69, 9.17) is 4.74 Å². The Balaban J connectivity index is 4.39. The van der Waals surface area contributed by atoms with Gasteiger partial charge in [0.2, 0.25) is 0 Å². The Bertz CT molecular complexity index is 336. The van der Waals surface area contributed by atoms with Crippen molar-refractivity contribution < 1.29 is 14.3 Å². The fourth-order valence-corrected chi connectivity index (χ4v) is 1.62. The molecule has 0 aliphatic carbocycles. The van der Waals surface area contributed by atoms with Gasteiger partial charge in [0, 0.05) is 6.42 Å². The van der Waals surface area contributed by atoms with Crippen molar-refractivity contribution in [2.75, 3.05) is 6.61 Å². The molecule has 0 aromatic rings. The number of esters is 1. The molecule has 0 spiro atoms. The summed E-state index contributed by atoms with van der Waals surface area (Å²) in [6, 6.07) is 0. The van der Waals surface area contributed by atoms with E-state index in [1.165, 1.54) is 26.2 Å². The standard InChI is InChI=1S/C16H26O3/c1-4-6-7-8-9-10-11-15(13-12-14(3)17)16(18)19-5-2/h10H,4-9,12-13H2,1-3H3. The number of carbonyl (C=O) groups is 2. The third-order valence-electron chi connectivity index (χ3n) is 2.73. The summed E-state index contributed by atoms with van der Waals surface area (Å²) in [4.78, 5) is 22.6. The van der Waals surface area contributed by atoms with Crippen molar-refractivity contribution in [3.8, 4) is 0 Å². The second-order valence-corrected chi connectivity index (χ2v) is 4.60. The number of rotatable bonds is 10. The van der Waals surface area contributed by atoms with Gasteiger partial charge in [-0.05, 0) is 39.2 Å². The molecule has 0 aromatic carbocycles. The lowest BCUT2D eigenvalue weighted by molar-refractivity contribution is -0.138. The van der Waals surface area contributed by atoms with Crippen molar-refractivity contribution in [3.05, 3.63) is 17.4 Å². The lowest BCUT2D eigenvalue weighted by atomic mass is 10.1. The van der Waals surface area contributed by atoms with E-state index < -0.39 is 0 Å². The first kappa shape index (κ1) is 17.7. The molecule has 0 fully saturated rings. The molecule has 0 radical (unpaired) electrons. The summed E-state index contributed by atoms with van der Waals surface area (Å²) < 4.78 is 4.96. The van der Waals surface area contributed by atoms with Crippen molar-refractivity contribution in [1.82, 2.24) is 0 Å². The molecular formula is C16H26O3. The molecule has 0 saturated heterocycles. The average molecular weight is 266 g/mol. The van der Waals surface area contributed by atoms with Crippen molar-refractivity contribution in [3.63, 3.8) is 0 Å². The number of hydrogen-bond donors (Lipinski definition) is 0. The molecule has 0 unspecified atom stereocenters. The second-order valence-electron chi connectivity index (χ2n) is 4.60. The lowest BCUT2D eigenvalue weighted by Crippen LogP contribution is -2.08. The van der Waals surface area contributed by atoms with Gasteiger partial charge in [0.15, 0.2) is 0 Å². The monoisotopic (exact) mass is 266 g/mol. The van der Waals surface area contributed by atoms with Crippen LogP contribution in [-0.4, -0.2) is 18.4 Å². The Morgan fingerprint density at radius 3 is 2.42 bits per heavy atom. The fourth-order valence-electron chi connectivity index (χ4n) is 1.62. The Labute approximate surface area is 116 Å². The minimum Gasteiger partial charge on any atom is -0.462 e. The summed E-state index contributed by atoms with van der Waals surface area (Å²) in [6.45, 7) is 5.82. The van der Waals surface area contributed by atoms with Crippen LogP contribution in [0.5, 0.6) is 0 Å². The molecule has 0 rings (SSSR count). The number of ether oxygens (including phenoxy) is 1. The molecule has 0 N–H and O–H groups in total. The van der Waals surface area contributed by atoms with Gasteiger partial charge in [-0.25, -0.2) is 4.79 Å². The minimum absolute atomic E-state index is 0.0755. The molecule has 0 aliphatic rings. The molecular weight excluding hydrogens is 240 g/mol. The van der Waals surface area contributed by atoms with Crippen molar-refractivity contribution in [1.29, 1.82) is 0 Å². The van der Waals surface area contributed by atoms with Gasteiger partial charge < -0.3 is 9.53 Å². The van der Waals surface area contributed by atoms with Gasteiger partial charge in [-0.15, -0.1) is 5.73 Å². The maximum absolute atomic E-state index is 11.7. The number of unbranched alkanes of at least 4 members (excludes halogenated alkanes) is 4. The summed E-state index contributed by atoms with van der Waals surface area (Å²) in [5.74, 6) is -0.278. The van der Waals surface area contributed by atoms with E-state index in [1.54, 1.807) is 6.92 Å². The van der Waals surface area contributed by atoms with Gasteiger partial charge >= 0.3 is 5.97 Å². The zero-order valence-electron chi connectivity index (χ0n) is 12.5. The highest BCUT2D eigenvalue weighted by atomic mass is 16.5. The SMILES string of the molecule is CCCCCCC=C=C(CCC(C)=O)C(=O)OCC. The zero-order valence-corrected chi connectivity index (χ0v) is 12.5. The predicted octanol–water partition coefficient (Wildman–Crippen LogP) is 3.97. The largest absolute Gasteiger partial charge is 0.462 e. The maximum atomic E-state index is 11.7. The van der Waals surface area contributed by atoms with Crippen LogP contribution < -0.4 is 0 Å². The minimum atomic E-state index is -0.353. The van der Waals surface area contributed by atoms with E-state index >= 15 is 0 Å². The predicted molar refractivity (Wildman–Crippen MR) is 76.9 cm³/mol. The molecule has 0 heterocycles. The van der Waals surface area contributed by atoms with Crippen LogP contribution in [0.15, 0.2) is 17.4 Å². The Hall–Kier alpha value is -1.34. The Kier molecular flexibility index (Phi) is 10.9. The van der Waals surface area contributed by atoms with Gasteiger partial charge in [0.05, 0.1) is 12.2 Å². The van der Waals surface area contributed by atoms with Crippen LogP contribution in [0, 0.1) is 0 Å². The van der Waals surface area contributed by atoms with Crippen LogP contribution in [0.3, 0.4) is 0 Å². The fraction of sp³-hybridized carbons (Fsp3) is 0.688. The second kappa shape index (κ2) is 11.7. The summed E-state index contributed by atoms with van der Waals surface area (Å²) in [6.07, 6.45) is 8.37. The quantitative estimate of drug-likeness (QED) is 0.260. The molecule has 3 heteroatoms. The van der Waals surface area contributed by atoms with Crippen LogP contribution >= 0.6 is 0 Å². The van der Waals surface area contributed by atoms with Crippen LogP contribution in [0.4, 0.5) is 0 Å². The maximum Gasteiger partial charge on any atom is 0.341 e. The van der Waals surface area contributed by atoms with Gasteiger partial charge in [-0.1, -0.05) is 26.2 Å². The molecule has 0 saturated carbocycles. The van der Waals surface area contributed by atoms with Crippen molar-refractivity contribution in [2.45, 2.75) is 65.7 Å². The summed E-state index contributed by atoms with van der Waals surface area (Å²) in [7, 11) is 0. The Morgan fingerprint density at radius 2 is 1.84 bits per heavy atom. The Morgan fingerprint density at radius 1 is 1.11 bits per heavy atom. The molecule has 0 bridgehead atoms. The third-order valence-corrected chi connectivity index (χ3v) is 2.73. The first-order valence-electron chi connectivity index (χ1n) is 7.22. The number of carbonyl (C=O) groups excluding carboxylic acids is 2. The normalized spacial score (nSPS) is 9.63. The highest BCUT2D eigenvalue weighted by Gasteiger charge is 2.10. The van der Waals surface area contributed by atoms with Crippen LogP contribution in [0.1, 0.15) is 65.7 Å². The van der Waals surface area contributed by atoms with E-state index in [0.29, 0.717) is 25.0 Å². The average Bonchev–Trinajstić information content (AvgIpc) is 2.37. The van der Waals surface area contributed by atoms with E-state index in [1.807, 2.05) is 6.08 Å². The van der Waals surface area contributed by atoms with Crippen molar-refractivity contribution in [2.24, 2.45) is 0 Å². The third kappa shape index (κ3) is 10.3. The van der Waals surface area contributed by atoms with Gasteiger partial charge in [0.1, 0.15) is 5.78 Å². The summed E-state index contributed by atoms with van der Waals surface area (Å²) in [5.41, 5.74) is 3.48. The zero-order chi connectivity index (χ0) is 14.5. The van der Waals surface area contributed by atoms with E-state index in [0.717, 1.165) is 12.8 Å². The van der Waals surface area contributed by atoms with Gasteiger partial charge in [0.25, 0.3) is 0 Å². The molecule has 0 aliphatic heterocycles. The first-order valence-corrected chi connectivity index (χ1v) is 7.22.